The standard InChI is InChI=1S/C18H22N4O4/c1-4-5-10-25-14-6-8-15(9-7-14)26-17-11-16(19-12(2)23)21-18(22-17)20-13(3)24/h6-9,11H,4-5,10H2,1-3H3,(H2,19,20,21,22,23,24). The smallest absolute Gasteiger partial charge is 0.234 e. The van der Waals surface area contributed by atoms with Crippen molar-refractivity contribution >= 4 is 23.6 Å². The number of nitrogens with zero attached hydrogens (tertiary/aromatic N) is 2. The van der Waals surface area contributed by atoms with Crippen molar-refractivity contribution < 1.29 is 19.1 Å². The number of amides is 2. The summed E-state index contributed by atoms with van der Waals surface area (Å²) in [6.07, 6.45) is 2.07. The Morgan fingerprint density at radius 3 is 2.27 bits per heavy atom. The summed E-state index contributed by atoms with van der Waals surface area (Å²) in [6.45, 7) is 5.47. The van der Waals surface area contributed by atoms with Gasteiger partial charge in [0.15, 0.2) is 0 Å². The molecule has 26 heavy (non-hydrogen) atoms. The molecule has 0 fully saturated rings. The number of anilines is 2. The van der Waals surface area contributed by atoms with Crippen molar-refractivity contribution in [1.82, 2.24) is 9.97 Å². The Morgan fingerprint density at radius 2 is 1.65 bits per heavy atom. The molecule has 1 aromatic carbocycles. The summed E-state index contributed by atoms with van der Waals surface area (Å²) in [7, 11) is 0. The number of unbranched alkanes of at least 4 members (excludes halogenated alkanes) is 1. The van der Waals surface area contributed by atoms with Gasteiger partial charge in [0.2, 0.25) is 23.6 Å². The lowest BCUT2D eigenvalue weighted by Crippen LogP contribution is -2.13. The van der Waals surface area contributed by atoms with Crippen LogP contribution in [-0.4, -0.2) is 28.4 Å². The second kappa shape index (κ2) is 9.36. The Morgan fingerprint density at radius 1 is 1.00 bits per heavy atom. The molecule has 0 atom stereocenters. The summed E-state index contributed by atoms with van der Waals surface area (Å²) in [5, 5.41) is 5.01. The first-order valence-electron chi connectivity index (χ1n) is 8.31. The molecule has 0 saturated heterocycles. The van der Waals surface area contributed by atoms with E-state index < -0.39 is 0 Å². The van der Waals surface area contributed by atoms with Crippen LogP contribution < -0.4 is 20.1 Å². The molecule has 0 bridgehead atoms. The van der Waals surface area contributed by atoms with Gasteiger partial charge in [-0.25, -0.2) is 0 Å². The first-order chi connectivity index (χ1) is 12.5. The summed E-state index contributed by atoms with van der Waals surface area (Å²) in [6, 6.07) is 8.57. The minimum atomic E-state index is -0.329. The first kappa shape index (κ1) is 19.2. The number of carbonyl (C=O) groups is 2. The molecular formula is C18H22N4O4. The van der Waals surface area contributed by atoms with Crippen LogP contribution in [0.3, 0.4) is 0 Å². The molecule has 0 aliphatic carbocycles. The Labute approximate surface area is 151 Å². The maximum atomic E-state index is 11.2. The minimum absolute atomic E-state index is 0.0401. The Kier molecular flexibility index (Phi) is 6.90. The predicted molar refractivity (Wildman–Crippen MR) is 97.6 cm³/mol. The molecule has 1 heterocycles. The van der Waals surface area contributed by atoms with Gasteiger partial charge in [0.1, 0.15) is 17.3 Å². The summed E-state index contributed by atoms with van der Waals surface area (Å²) >= 11 is 0. The van der Waals surface area contributed by atoms with E-state index in [1.165, 1.54) is 19.9 Å². The van der Waals surface area contributed by atoms with Crippen LogP contribution in [0.4, 0.5) is 11.8 Å². The van der Waals surface area contributed by atoms with Crippen molar-refractivity contribution in [1.29, 1.82) is 0 Å². The van der Waals surface area contributed by atoms with E-state index in [4.69, 9.17) is 9.47 Å². The third-order valence-electron chi connectivity index (χ3n) is 3.11. The highest BCUT2D eigenvalue weighted by atomic mass is 16.5. The van der Waals surface area contributed by atoms with Crippen LogP contribution in [0.2, 0.25) is 0 Å². The van der Waals surface area contributed by atoms with Crippen LogP contribution in [0.5, 0.6) is 17.4 Å². The fourth-order valence-electron chi connectivity index (χ4n) is 1.99. The molecule has 1 aromatic heterocycles. The van der Waals surface area contributed by atoms with Crippen LogP contribution in [0.15, 0.2) is 30.3 Å². The Hall–Kier alpha value is -3.16. The molecule has 8 heteroatoms. The van der Waals surface area contributed by atoms with Crippen molar-refractivity contribution in [3.05, 3.63) is 30.3 Å². The molecule has 0 aliphatic heterocycles. The molecule has 8 nitrogen and oxygen atoms in total. The molecule has 0 saturated carbocycles. The van der Waals surface area contributed by atoms with Gasteiger partial charge in [0.25, 0.3) is 0 Å². The summed E-state index contributed by atoms with van der Waals surface area (Å²) in [4.78, 5) is 30.6. The number of nitrogens with one attached hydrogen (secondary N) is 2. The zero-order valence-corrected chi connectivity index (χ0v) is 15.0. The van der Waals surface area contributed by atoms with Gasteiger partial charge in [-0.15, -0.1) is 0 Å². The molecule has 2 aromatic rings. The average Bonchev–Trinajstić information content (AvgIpc) is 2.55. The maximum Gasteiger partial charge on any atom is 0.234 e. The number of hydrogen-bond donors (Lipinski definition) is 2. The van der Waals surface area contributed by atoms with E-state index in [1.807, 2.05) is 0 Å². The highest BCUT2D eigenvalue weighted by Crippen LogP contribution is 2.25. The molecule has 2 rings (SSSR count). The van der Waals surface area contributed by atoms with Gasteiger partial charge in [-0.05, 0) is 30.7 Å². The van der Waals surface area contributed by atoms with Gasteiger partial charge in [-0.1, -0.05) is 13.3 Å². The Bertz CT molecular complexity index is 728. The van der Waals surface area contributed by atoms with Gasteiger partial charge in [0.05, 0.1) is 6.61 Å². The van der Waals surface area contributed by atoms with E-state index >= 15 is 0 Å². The lowest BCUT2D eigenvalue weighted by molar-refractivity contribution is -0.115. The SMILES string of the molecule is CCCCOc1ccc(Oc2cc(NC(C)=O)nc(NC(C)=O)n2)cc1. The van der Waals surface area contributed by atoms with Gasteiger partial charge in [-0.3, -0.25) is 14.9 Å². The first-order valence-corrected chi connectivity index (χ1v) is 8.31. The van der Waals surface area contributed by atoms with Gasteiger partial charge >= 0.3 is 0 Å². The van der Waals surface area contributed by atoms with Crippen molar-refractivity contribution in [3.63, 3.8) is 0 Å². The van der Waals surface area contributed by atoms with Crippen LogP contribution in [0, 0.1) is 0 Å². The third-order valence-corrected chi connectivity index (χ3v) is 3.11. The monoisotopic (exact) mass is 358 g/mol. The lowest BCUT2D eigenvalue weighted by Gasteiger charge is -2.10. The highest BCUT2D eigenvalue weighted by Gasteiger charge is 2.09. The quantitative estimate of drug-likeness (QED) is 0.702. The lowest BCUT2D eigenvalue weighted by atomic mass is 10.3. The molecule has 0 aliphatic rings. The number of aromatic nitrogens is 2. The van der Waals surface area contributed by atoms with E-state index in [9.17, 15) is 9.59 Å². The predicted octanol–water partition coefficient (Wildman–Crippen LogP) is 3.36. The largest absolute Gasteiger partial charge is 0.494 e. The number of benzene rings is 1. The van der Waals surface area contributed by atoms with E-state index in [2.05, 4.69) is 27.5 Å². The number of hydrogen-bond acceptors (Lipinski definition) is 6. The molecular weight excluding hydrogens is 336 g/mol. The van der Waals surface area contributed by atoms with Crippen molar-refractivity contribution in [2.45, 2.75) is 33.6 Å². The summed E-state index contributed by atoms with van der Waals surface area (Å²) in [5.41, 5.74) is 0. The van der Waals surface area contributed by atoms with E-state index in [0.29, 0.717) is 12.4 Å². The van der Waals surface area contributed by atoms with Crippen molar-refractivity contribution in [3.8, 4) is 17.4 Å². The zero-order valence-electron chi connectivity index (χ0n) is 15.0. The topological polar surface area (TPSA) is 102 Å². The molecule has 2 N–H and O–H groups in total. The molecule has 0 radical (unpaired) electrons. The number of rotatable bonds is 8. The van der Waals surface area contributed by atoms with Crippen LogP contribution >= 0.6 is 0 Å². The second-order valence-electron chi connectivity index (χ2n) is 5.55. The van der Waals surface area contributed by atoms with Crippen molar-refractivity contribution in [2.75, 3.05) is 17.2 Å². The van der Waals surface area contributed by atoms with Crippen LogP contribution in [0.25, 0.3) is 0 Å². The van der Waals surface area contributed by atoms with Crippen LogP contribution in [0.1, 0.15) is 33.6 Å². The van der Waals surface area contributed by atoms with E-state index in [1.54, 1.807) is 24.3 Å². The zero-order chi connectivity index (χ0) is 18.9. The summed E-state index contributed by atoms with van der Waals surface area (Å²) in [5.74, 6) is 1.12. The average molecular weight is 358 g/mol. The highest BCUT2D eigenvalue weighted by molar-refractivity contribution is 5.89. The third kappa shape index (κ3) is 6.39. The molecule has 2 amide bonds. The second-order valence-corrected chi connectivity index (χ2v) is 5.55. The Balaban J connectivity index is 2.13. The number of carbonyl (C=O) groups excluding carboxylic acids is 2. The molecule has 0 spiro atoms. The fourth-order valence-corrected chi connectivity index (χ4v) is 1.99. The van der Waals surface area contributed by atoms with Crippen molar-refractivity contribution in [2.24, 2.45) is 0 Å². The van der Waals surface area contributed by atoms with Gasteiger partial charge < -0.3 is 14.8 Å². The van der Waals surface area contributed by atoms with Gasteiger partial charge in [-0.2, -0.15) is 9.97 Å². The van der Waals surface area contributed by atoms with Gasteiger partial charge in [0, 0.05) is 19.9 Å². The molecule has 0 unspecified atom stereocenters. The fraction of sp³-hybridized carbons (Fsp3) is 0.333. The molecule has 138 valence electrons. The minimum Gasteiger partial charge on any atom is -0.494 e. The van der Waals surface area contributed by atoms with E-state index in [0.717, 1.165) is 18.6 Å². The normalized spacial score (nSPS) is 10.1. The summed E-state index contributed by atoms with van der Waals surface area (Å²) < 4.78 is 11.3. The van der Waals surface area contributed by atoms with Crippen LogP contribution in [-0.2, 0) is 9.59 Å². The maximum absolute atomic E-state index is 11.2. The van der Waals surface area contributed by atoms with E-state index in [-0.39, 0.29) is 29.5 Å². The number of ether oxygens (including phenoxy) is 2.